The summed E-state index contributed by atoms with van der Waals surface area (Å²) in [5, 5.41) is 0. The van der Waals surface area contributed by atoms with Gasteiger partial charge in [0.2, 0.25) is 0 Å². The fourth-order valence-corrected chi connectivity index (χ4v) is 3.02. The molecule has 0 saturated heterocycles. The molecule has 0 bridgehead atoms. The van der Waals surface area contributed by atoms with Crippen LogP contribution in [-0.2, 0) is 0 Å². The molecule has 0 spiro atoms. The quantitative estimate of drug-likeness (QED) is 0.666. The topological polar surface area (TPSA) is 3.24 Å². The van der Waals surface area contributed by atoms with Crippen LogP contribution in [0.2, 0.25) is 0 Å². The third-order valence-electron chi connectivity index (χ3n) is 3.82. The van der Waals surface area contributed by atoms with Crippen molar-refractivity contribution in [2.75, 3.05) is 13.6 Å². The highest BCUT2D eigenvalue weighted by Crippen LogP contribution is 2.31. The lowest BCUT2D eigenvalue weighted by molar-refractivity contribution is 0.156. The first-order valence-corrected chi connectivity index (χ1v) is 6.83. The summed E-state index contributed by atoms with van der Waals surface area (Å²) >= 11 is 0. The number of rotatable bonds is 5. The average molecular weight is 211 g/mol. The van der Waals surface area contributed by atoms with Crippen LogP contribution in [0.5, 0.6) is 0 Å². The minimum Gasteiger partial charge on any atom is -0.303 e. The summed E-state index contributed by atoms with van der Waals surface area (Å²) in [5.74, 6) is 1.91. The van der Waals surface area contributed by atoms with Crippen molar-refractivity contribution in [3.05, 3.63) is 0 Å². The Balaban J connectivity index is 2.23. The van der Waals surface area contributed by atoms with Gasteiger partial charge in [-0.3, -0.25) is 0 Å². The summed E-state index contributed by atoms with van der Waals surface area (Å²) in [7, 11) is 2.30. The predicted octanol–water partition coefficient (Wildman–Crippen LogP) is 3.93. The maximum atomic E-state index is 2.57. The van der Waals surface area contributed by atoms with Crippen LogP contribution in [0.4, 0.5) is 0 Å². The Kier molecular flexibility index (Phi) is 5.66. The van der Waals surface area contributed by atoms with Crippen LogP contribution in [0, 0.1) is 11.8 Å². The van der Waals surface area contributed by atoms with Gasteiger partial charge >= 0.3 is 0 Å². The zero-order valence-electron chi connectivity index (χ0n) is 11.1. The largest absolute Gasteiger partial charge is 0.303 e. The SMILES string of the molecule is CCCN(C)C1CCC(CC(C)C)CC1. The Morgan fingerprint density at radius 2 is 1.73 bits per heavy atom. The van der Waals surface area contributed by atoms with Gasteiger partial charge in [-0.1, -0.05) is 20.8 Å². The lowest BCUT2D eigenvalue weighted by atomic mass is 9.81. The Bertz CT molecular complexity index is 157. The zero-order chi connectivity index (χ0) is 11.3. The molecule has 1 rings (SSSR count). The molecule has 0 aliphatic heterocycles. The van der Waals surface area contributed by atoms with Crippen LogP contribution in [0.15, 0.2) is 0 Å². The van der Waals surface area contributed by atoms with Crippen molar-refractivity contribution in [1.29, 1.82) is 0 Å². The van der Waals surface area contributed by atoms with E-state index < -0.39 is 0 Å². The fraction of sp³-hybridized carbons (Fsp3) is 1.00. The van der Waals surface area contributed by atoms with E-state index in [1.807, 2.05) is 0 Å². The van der Waals surface area contributed by atoms with Gasteiger partial charge in [0.05, 0.1) is 0 Å². The van der Waals surface area contributed by atoms with Gasteiger partial charge in [-0.2, -0.15) is 0 Å². The van der Waals surface area contributed by atoms with Crippen LogP contribution < -0.4 is 0 Å². The summed E-state index contributed by atoms with van der Waals surface area (Å²) in [6, 6.07) is 0.883. The van der Waals surface area contributed by atoms with E-state index in [1.165, 1.54) is 45.1 Å². The van der Waals surface area contributed by atoms with Crippen LogP contribution in [0.3, 0.4) is 0 Å². The highest BCUT2D eigenvalue weighted by Gasteiger charge is 2.23. The van der Waals surface area contributed by atoms with E-state index in [9.17, 15) is 0 Å². The molecule has 15 heavy (non-hydrogen) atoms. The first kappa shape index (κ1) is 13.0. The van der Waals surface area contributed by atoms with Gasteiger partial charge in [0.25, 0.3) is 0 Å². The molecule has 1 fully saturated rings. The van der Waals surface area contributed by atoms with Crippen molar-refractivity contribution in [3.63, 3.8) is 0 Å². The molecule has 0 aromatic heterocycles. The molecule has 0 N–H and O–H groups in total. The summed E-state index contributed by atoms with van der Waals surface area (Å²) < 4.78 is 0. The summed E-state index contributed by atoms with van der Waals surface area (Å²) in [5.41, 5.74) is 0. The van der Waals surface area contributed by atoms with Crippen molar-refractivity contribution < 1.29 is 0 Å². The highest BCUT2D eigenvalue weighted by atomic mass is 15.1. The van der Waals surface area contributed by atoms with E-state index in [0.717, 1.165) is 17.9 Å². The smallest absolute Gasteiger partial charge is 0.00924 e. The first-order valence-electron chi connectivity index (χ1n) is 6.83. The molecule has 1 aliphatic carbocycles. The molecule has 1 saturated carbocycles. The van der Waals surface area contributed by atoms with Gasteiger partial charge in [0.1, 0.15) is 0 Å². The second kappa shape index (κ2) is 6.52. The standard InChI is InChI=1S/C14H29N/c1-5-10-15(4)14-8-6-13(7-9-14)11-12(2)3/h12-14H,5-11H2,1-4H3. The van der Waals surface area contributed by atoms with Crippen LogP contribution in [0.1, 0.15) is 59.3 Å². The second-order valence-corrected chi connectivity index (χ2v) is 5.78. The summed E-state index contributed by atoms with van der Waals surface area (Å²) in [6.07, 6.45) is 8.56. The first-order chi connectivity index (χ1) is 7.13. The van der Waals surface area contributed by atoms with E-state index in [0.29, 0.717) is 0 Å². The van der Waals surface area contributed by atoms with Gasteiger partial charge in [0.15, 0.2) is 0 Å². The second-order valence-electron chi connectivity index (χ2n) is 5.78. The minimum atomic E-state index is 0.883. The van der Waals surface area contributed by atoms with E-state index in [-0.39, 0.29) is 0 Å². The van der Waals surface area contributed by atoms with Gasteiger partial charge in [0, 0.05) is 6.04 Å². The molecule has 1 heteroatoms. The zero-order valence-corrected chi connectivity index (χ0v) is 11.1. The van der Waals surface area contributed by atoms with Gasteiger partial charge in [-0.15, -0.1) is 0 Å². The number of nitrogens with zero attached hydrogens (tertiary/aromatic N) is 1. The molecule has 0 aromatic rings. The van der Waals surface area contributed by atoms with Crippen molar-refractivity contribution in [1.82, 2.24) is 4.90 Å². The van der Waals surface area contributed by atoms with Crippen molar-refractivity contribution in [3.8, 4) is 0 Å². The lowest BCUT2D eigenvalue weighted by Crippen LogP contribution is -2.35. The van der Waals surface area contributed by atoms with E-state index in [1.54, 1.807) is 0 Å². The maximum Gasteiger partial charge on any atom is 0.00924 e. The number of hydrogen-bond donors (Lipinski definition) is 0. The Morgan fingerprint density at radius 3 is 2.20 bits per heavy atom. The maximum absolute atomic E-state index is 2.57. The Labute approximate surface area is 96.2 Å². The van der Waals surface area contributed by atoms with E-state index in [4.69, 9.17) is 0 Å². The Morgan fingerprint density at radius 1 is 1.13 bits per heavy atom. The van der Waals surface area contributed by atoms with Crippen LogP contribution in [-0.4, -0.2) is 24.5 Å². The van der Waals surface area contributed by atoms with E-state index in [2.05, 4.69) is 32.7 Å². The molecular weight excluding hydrogens is 182 g/mol. The van der Waals surface area contributed by atoms with Crippen molar-refractivity contribution in [2.24, 2.45) is 11.8 Å². The molecule has 1 aliphatic rings. The van der Waals surface area contributed by atoms with E-state index >= 15 is 0 Å². The van der Waals surface area contributed by atoms with Gasteiger partial charge in [-0.25, -0.2) is 0 Å². The molecule has 90 valence electrons. The van der Waals surface area contributed by atoms with Gasteiger partial charge in [-0.05, 0) is 64.0 Å². The lowest BCUT2D eigenvalue weighted by Gasteiger charge is -2.35. The fourth-order valence-electron chi connectivity index (χ4n) is 3.02. The van der Waals surface area contributed by atoms with Gasteiger partial charge < -0.3 is 4.90 Å². The normalized spacial score (nSPS) is 27.6. The molecule has 0 amide bonds. The molecule has 0 atom stereocenters. The molecule has 1 nitrogen and oxygen atoms in total. The average Bonchev–Trinajstić information content (AvgIpc) is 2.18. The van der Waals surface area contributed by atoms with Crippen molar-refractivity contribution >= 4 is 0 Å². The Hall–Kier alpha value is -0.0400. The predicted molar refractivity (Wildman–Crippen MR) is 68.1 cm³/mol. The summed E-state index contributed by atoms with van der Waals surface area (Å²) in [4.78, 5) is 2.57. The van der Waals surface area contributed by atoms with Crippen LogP contribution >= 0.6 is 0 Å². The minimum absolute atomic E-state index is 0.883. The molecule has 0 unspecified atom stereocenters. The highest BCUT2D eigenvalue weighted by molar-refractivity contribution is 4.78. The molecule has 0 heterocycles. The van der Waals surface area contributed by atoms with Crippen molar-refractivity contribution in [2.45, 2.75) is 65.3 Å². The third kappa shape index (κ3) is 4.55. The third-order valence-corrected chi connectivity index (χ3v) is 3.82. The molecule has 0 radical (unpaired) electrons. The molecule has 0 aromatic carbocycles. The molecular formula is C14H29N. The van der Waals surface area contributed by atoms with Crippen LogP contribution in [0.25, 0.3) is 0 Å². The number of hydrogen-bond acceptors (Lipinski definition) is 1. The monoisotopic (exact) mass is 211 g/mol. The summed E-state index contributed by atoms with van der Waals surface area (Å²) in [6.45, 7) is 8.27.